The Kier molecular flexibility index (Phi) is 4.30. The van der Waals surface area contributed by atoms with Crippen molar-refractivity contribution in [3.05, 3.63) is 36.5 Å². The van der Waals surface area contributed by atoms with Gasteiger partial charge in [-0.3, -0.25) is 15.2 Å². The number of pyridine rings is 1. The summed E-state index contributed by atoms with van der Waals surface area (Å²) in [7, 11) is 0. The summed E-state index contributed by atoms with van der Waals surface area (Å²) in [4.78, 5) is 15.4. The van der Waals surface area contributed by atoms with E-state index in [-0.39, 0.29) is 12.0 Å². The van der Waals surface area contributed by atoms with Gasteiger partial charge in [-0.05, 0) is 25.5 Å². The summed E-state index contributed by atoms with van der Waals surface area (Å²) >= 11 is 0. The molecule has 0 bridgehead atoms. The van der Waals surface area contributed by atoms with E-state index < -0.39 is 0 Å². The van der Waals surface area contributed by atoms with Crippen LogP contribution in [0.5, 0.6) is 5.75 Å². The van der Waals surface area contributed by atoms with Gasteiger partial charge >= 0.3 is 0 Å². The van der Waals surface area contributed by atoms with Crippen molar-refractivity contribution in [3.63, 3.8) is 0 Å². The van der Waals surface area contributed by atoms with Crippen molar-refractivity contribution >= 4 is 16.8 Å². The predicted octanol–water partition coefficient (Wildman–Crippen LogP) is 1.77. The summed E-state index contributed by atoms with van der Waals surface area (Å²) in [6.45, 7) is 1.92. The van der Waals surface area contributed by atoms with E-state index in [0.29, 0.717) is 18.6 Å². The topological polar surface area (TPSA) is 77.2 Å². The summed E-state index contributed by atoms with van der Waals surface area (Å²) in [6, 6.07) is 9.80. The van der Waals surface area contributed by atoms with Gasteiger partial charge in [-0.2, -0.15) is 0 Å². The number of para-hydroxylation sites is 1. The number of ether oxygens (including phenoxy) is 1. The molecule has 1 atom stereocenters. The SMILES string of the molecule is CC(CCC(=O)NN)Oc1cnc2ccccc2c1. The molecule has 0 spiro atoms. The number of nitrogens with one attached hydrogen (secondary N) is 1. The van der Waals surface area contributed by atoms with Crippen LogP contribution in [0, 0.1) is 0 Å². The molecule has 5 heteroatoms. The highest BCUT2D eigenvalue weighted by Crippen LogP contribution is 2.19. The number of hydrogen-bond acceptors (Lipinski definition) is 4. The molecule has 0 saturated carbocycles. The van der Waals surface area contributed by atoms with Gasteiger partial charge in [-0.15, -0.1) is 0 Å². The molecule has 1 aromatic heterocycles. The first-order chi connectivity index (χ1) is 9.19. The maximum atomic E-state index is 11.0. The van der Waals surface area contributed by atoms with E-state index >= 15 is 0 Å². The molecule has 0 saturated heterocycles. The quantitative estimate of drug-likeness (QED) is 0.487. The van der Waals surface area contributed by atoms with Gasteiger partial charge in [0.05, 0.1) is 17.8 Å². The average molecular weight is 259 g/mol. The molecule has 1 aromatic carbocycles. The van der Waals surface area contributed by atoms with Gasteiger partial charge in [0, 0.05) is 11.8 Å². The van der Waals surface area contributed by atoms with Gasteiger partial charge in [-0.25, -0.2) is 5.84 Å². The number of hydrazine groups is 1. The Morgan fingerprint density at radius 3 is 3.05 bits per heavy atom. The van der Waals surface area contributed by atoms with Gasteiger partial charge in [0.1, 0.15) is 5.75 Å². The van der Waals surface area contributed by atoms with Crippen LogP contribution in [0.4, 0.5) is 0 Å². The second kappa shape index (κ2) is 6.15. The fraction of sp³-hybridized carbons (Fsp3) is 0.286. The van der Waals surface area contributed by atoms with Crippen LogP contribution >= 0.6 is 0 Å². The van der Waals surface area contributed by atoms with Crippen LogP contribution in [0.25, 0.3) is 10.9 Å². The van der Waals surface area contributed by atoms with E-state index in [9.17, 15) is 4.79 Å². The molecule has 3 N–H and O–H groups in total. The zero-order valence-electron chi connectivity index (χ0n) is 10.8. The molecule has 2 rings (SSSR count). The third-order valence-corrected chi connectivity index (χ3v) is 2.84. The number of aromatic nitrogens is 1. The number of benzene rings is 1. The molecule has 0 aliphatic heterocycles. The van der Waals surface area contributed by atoms with E-state index in [0.717, 1.165) is 10.9 Å². The second-order valence-corrected chi connectivity index (χ2v) is 4.40. The molecule has 0 aliphatic carbocycles. The van der Waals surface area contributed by atoms with Crippen molar-refractivity contribution in [3.8, 4) is 5.75 Å². The van der Waals surface area contributed by atoms with E-state index in [1.54, 1.807) is 6.20 Å². The molecular formula is C14H17N3O2. The van der Waals surface area contributed by atoms with Crippen molar-refractivity contribution in [2.75, 3.05) is 0 Å². The maximum Gasteiger partial charge on any atom is 0.234 e. The zero-order chi connectivity index (χ0) is 13.7. The van der Waals surface area contributed by atoms with Gasteiger partial charge in [0.25, 0.3) is 0 Å². The maximum absolute atomic E-state index is 11.0. The average Bonchev–Trinajstić information content (AvgIpc) is 2.44. The third-order valence-electron chi connectivity index (χ3n) is 2.84. The molecule has 0 fully saturated rings. The van der Waals surface area contributed by atoms with Gasteiger partial charge < -0.3 is 4.74 Å². The van der Waals surface area contributed by atoms with Crippen LogP contribution < -0.4 is 16.0 Å². The van der Waals surface area contributed by atoms with E-state index in [4.69, 9.17) is 10.6 Å². The number of fused-ring (bicyclic) bond motifs is 1. The summed E-state index contributed by atoms with van der Waals surface area (Å²) < 4.78 is 5.73. The first-order valence-corrected chi connectivity index (χ1v) is 6.20. The van der Waals surface area contributed by atoms with Crippen LogP contribution in [0.1, 0.15) is 19.8 Å². The largest absolute Gasteiger partial charge is 0.489 e. The van der Waals surface area contributed by atoms with Crippen LogP contribution in [0.3, 0.4) is 0 Å². The number of nitrogens with zero attached hydrogens (tertiary/aromatic N) is 1. The molecule has 1 unspecified atom stereocenters. The zero-order valence-corrected chi connectivity index (χ0v) is 10.8. The fourth-order valence-corrected chi connectivity index (χ4v) is 1.81. The molecular weight excluding hydrogens is 242 g/mol. The Morgan fingerprint density at radius 2 is 2.26 bits per heavy atom. The lowest BCUT2D eigenvalue weighted by molar-refractivity contribution is -0.121. The van der Waals surface area contributed by atoms with Crippen molar-refractivity contribution in [1.82, 2.24) is 10.4 Å². The first kappa shape index (κ1) is 13.3. The van der Waals surface area contributed by atoms with Crippen LogP contribution in [0.15, 0.2) is 36.5 Å². The van der Waals surface area contributed by atoms with Crippen LogP contribution in [0.2, 0.25) is 0 Å². The number of amides is 1. The molecule has 0 aliphatic rings. The molecule has 1 amide bonds. The minimum absolute atomic E-state index is 0.0692. The highest BCUT2D eigenvalue weighted by atomic mass is 16.5. The molecule has 19 heavy (non-hydrogen) atoms. The minimum Gasteiger partial charge on any atom is -0.489 e. The predicted molar refractivity (Wildman–Crippen MR) is 73.4 cm³/mol. The Morgan fingerprint density at radius 1 is 1.47 bits per heavy atom. The standard InChI is InChI=1S/C14H17N3O2/c1-10(6-7-14(18)17-15)19-12-8-11-4-2-3-5-13(11)16-9-12/h2-5,8-10H,6-7,15H2,1H3,(H,17,18). The van der Waals surface area contributed by atoms with Gasteiger partial charge in [0.15, 0.2) is 0 Å². The van der Waals surface area contributed by atoms with Crippen molar-refractivity contribution < 1.29 is 9.53 Å². The molecule has 100 valence electrons. The number of rotatable bonds is 5. The summed E-state index contributed by atoms with van der Waals surface area (Å²) in [5, 5.41) is 1.03. The number of hydrogen-bond donors (Lipinski definition) is 2. The number of carbonyl (C=O) groups is 1. The number of carbonyl (C=O) groups excluding carboxylic acids is 1. The highest BCUT2D eigenvalue weighted by molar-refractivity contribution is 5.79. The minimum atomic E-state index is -0.188. The summed E-state index contributed by atoms with van der Waals surface area (Å²) in [6.07, 6.45) is 2.58. The first-order valence-electron chi connectivity index (χ1n) is 6.20. The Labute approximate surface area is 111 Å². The van der Waals surface area contributed by atoms with Gasteiger partial charge in [-0.1, -0.05) is 18.2 Å². The van der Waals surface area contributed by atoms with Crippen LogP contribution in [-0.2, 0) is 4.79 Å². The number of nitrogens with two attached hydrogens (primary N) is 1. The van der Waals surface area contributed by atoms with Crippen molar-refractivity contribution in [1.29, 1.82) is 0 Å². The Bertz CT molecular complexity index is 571. The molecule has 2 aromatic rings. The monoisotopic (exact) mass is 259 g/mol. The summed E-state index contributed by atoms with van der Waals surface area (Å²) in [5.41, 5.74) is 3.04. The van der Waals surface area contributed by atoms with Crippen molar-refractivity contribution in [2.24, 2.45) is 5.84 Å². The Hall–Kier alpha value is -2.14. The van der Waals surface area contributed by atoms with Crippen molar-refractivity contribution in [2.45, 2.75) is 25.9 Å². The smallest absolute Gasteiger partial charge is 0.234 e. The normalized spacial score (nSPS) is 12.1. The fourth-order valence-electron chi connectivity index (χ4n) is 1.81. The van der Waals surface area contributed by atoms with E-state index in [1.807, 2.05) is 37.3 Å². The lowest BCUT2D eigenvalue weighted by Gasteiger charge is -2.14. The van der Waals surface area contributed by atoms with E-state index in [1.165, 1.54) is 0 Å². The highest BCUT2D eigenvalue weighted by Gasteiger charge is 2.08. The third kappa shape index (κ3) is 3.66. The molecule has 1 heterocycles. The lowest BCUT2D eigenvalue weighted by Crippen LogP contribution is -2.30. The Balaban J connectivity index is 1.98. The second-order valence-electron chi connectivity index (χ2n) is 4.40. The van der Waals surface area contributed by atoms with E-state index in [2.05, 4.69) is 10.4 Å². The molecule has 5 nitrogen and oxygen atoms in total. The summed E-state index contributed by atoms with van der Waals surface area (Å²) in [5.74, 6) is 5.54. The lowest BCUT2D eigenvalue weighted by atomic mass is 10.2. The van der Waals surface area contributed by atoms with Crippen LogP contribution in [-0.4, -0.2) is 17.0 Å². The molecule has 0 radical (unpaired) electrons. The van der Waals surface area contributed by atoms with Gasteiger partial charge in [0.2, 0.25) is 5.91 Å².